The van der Waals surface area contributed by atoms with Crippen molar-refractivity contribution in [3.8, 4) is 0 Å². The number of amides is 1. The number of aliphatic hydroxyl groups excluding tert-OH is 1. The number of aliphatic carboxylic acids is 1. The van der Waals surface area contributed by atoms with Crippen LogP contribution in [0, 0.1) is 0 Å². The van der Waals surface area contributed by atoms with Crippen LogP contribution in [0.3, 0.4) is 0 Å². The van der Waals surface area contributed by atoms with Crippen LogP contribution < -0.4 is 0 Å². The highest BCUT2D eigenvalue weighted by atomic mass is 16.5. The number of carboxylic acid groups (broad SMARTS) is 1. The Kier molecular flexibility index (Phi) is 9.01. The van der Waals surface area contributed by atoms with Gasteiger partial charge in [-0.3, -0.25) is 4.79 Å². The van der Waals surface area contributed by atoms with Crippen molar-refractivity contribution in [1.82, 2.24) is 4.90 Å². The Morgan fingerprint density at radius 1 is 1.30 bits per heavy atom. The average molecular weight is 375 g/mol. The maximum absolute atomic E-state index is 12.3. The minimum Gasteiger partial charge on any atom is -0.480 e. The van der Waals surface area contributed by atoms with E-state index < -0.39 is 12.1 Å². The highest BCUT2D eigenvalue weighted by Crippen LogP contribution is 2.23. The van der Waals surface area contributed by atoms with Crippen LogP contribution in [-0.4, -0.2) is 58.9 Å². The van der Waals surface area contributed by atoms with E-state index in [-0.39, 0.29) is 25.2 Å². The number of rotatable bonds is 11. The van der Waals surface area contributed by atoms with Gasteiger partial charge in [-0.25, -0.2) is 4.79 Å². The number of nitrogens with zero attached hydrogens (tertiary/aromatic N) is 1. The zero-order chi connectivity index (χ0) is 19.5. The number of hydrogen-bond acceptors (Lipinski definition) is 4. The molecule has 1 saturated heterocycles. The van der Waals surface area contributed by atoms with Gasteiger partial charge in [-0.05, 0) is 37.7 Å². The van der Waals surface area contributed by atoms with Gasteiger partial charge in [0.25, 0.3) is 0 Å². The van der Waals surface area contributed by atoms with Gasteiger partial charge in [0.05, 0.1) is 12.7 Å². The summed E-state index contributed by atoms with van der Waals surface area (Å²) in [5.74, 6) is -0.858. The van der Waals surface area contributed by atoms with Crippen molar-refractivity contribution in [2.75, 3.05) is 19.8 Å². The molecule has 1 aromatic rings. The lowest BCUT2D eigenvalue weighted by atomic mass is 9.94. The van der Waals surface area contributed by atoms with Crippen LogP contribution in [0.1, 0.15) is 37.7 Å². The smallest absolute Gasteiger partial charge is 0.329 e. The molecular formula is C21H29NO5. The van der Waals surface area contributed by atoms with Gasteiger partial charge in [0.15, 0.2) is 0 Å². The van der Waals surface area contributed by atoms with Gasteiger partial charge >= 0.3 is 5.97 Å². The van der Waals surface area contributed by atoms with Crippen LogP contribution in [0.4, 0.5) is 0 Å². The van der Waals surface area contributed by atoms with Gasteiger partial charge in [-0.2, -0.15) is 0 Å². The summed E-state index contributed by atoms with van der Waals surface area (Å²) < 4.78 is 4.95. The molecule has 1 fully saturated rings. The van der Waals surface area contributed by atoms with Crippen molar-refractivity contribution in [2.24, 2.45) is 0 Å². The summed E-state index contributed by atoms with van der Waals surface area (Å²) in [7, 11) is 0. The van der Waals surface area contributed by atoms with E-state index in [2.05, 4.69) is 0 Å². The van der Waals surface area contributed by atoms with Crippen LogP contribution >= 0.6 is 0 Å². The van der Waals surface area contributed by atoms with Gasteiger partial charge < -0.3 is 19.8 Å². The normalized spacial score (nSPS) is 18.8. The number of benzene rings is 1. The van der Waals surface area contributed by atoms with E-state index in [1.54, 1.807) is 6.08 Å². The van der Waals surface area contributed by atoms with E-state index in [9.17, 15) is 14.7 Å². The standard InChI is InChI=1S/C21H29NO5/c23-19(15-17-7-2-1-3-8-17)12-11-18-9-6-10-20(24)22(18)13-4-5-14-27-16-21(25)26/h1-5,7-8,18-19,23H,6,9-16H2,(H,25,26). The summed E-state index contributed by atoms with van der Waals surface area (Å²) in [5.41, 5.74) is 1.12. The third kappa shape index (κ3) is 7.93. The topological polar surface area (TPSA) is 87.1 Å². The fraction of sp³-hybridized carbons (Fsp3) is 0.524. The first-order valence-electron chi connectivity index (χ1n) is 9.52. The Morgan fingerprint density at radius 2 is 2.07 bits per heavy atom. The van der Waals surface area contributed by atoms with E-state index in [4.69, 9.17) is 9.84 Å². The number of piperidine rings is 1. The molecule has 6 heteroatoms. The lowest BCUT2D eigenvalue weighted by molar-refractivity contribution is -0.141. The molecule has 1 aliphatic rings. The van der Waals surface area contributed by atoms with Crippen LogP contribution in [0.2, 0.25) is 0 Å². The first-order valence-corrected chi connectivity index (χ1v) is 9.52. The molecule has 0 spiro atoms. The van der Waals surface area contributed by atoms with Crippen molar-refractivity contribution in [3.05, 3.63) is 48.0 Å². The summed E-state index contributed by atoms with van der Waals surface area (Å²) in [6.07, 6.45) is 7.65. The maximum atomic E-state index is 12.3. The molecule has 2 N–H and O–H groups in total. The van der Waals surface area contributed by atoms with Gasteiger partial charge in [-0.1, -0.05) is 42.5 Å². The van der Waals surface area contributed by atoms with E-state index in [1.165, 1.54) is 0 Å². The lowest BCUT2D eigenvalue weighted by Gasteiger charge is -2.35. The molecule has 1 heterocycles. The van der Waals surface area contributed by atoms with E-state index >= 15 is 0 Å². The van der Waals surface area contributed by atoms with Crippen LogP contribution in [0.15, 0.2) is 42.5 Å². The summed E-state index contributed by atoms with van der Waals surface area (Å²) in [6, 6.07) is 10.1. The summed E-state index contributed by atoms with van der Waals surface area (Å²) in [6.45, 7) is 0.387. The third-order valence-corrected chi connectivity index (χ3v) is 4.74. The Bertz CT molecular complexity index is 616. The van der Waals surface area contributed by atoms with Gasteiger partial charge in [0.1, 0.15) is 6.61 Å². The highest BCUT2D eigenvalue weighted by molar-refractivity contribution is 5.77. The van der Waals surface area contributed by atoms with Gasteiger partial charge in [0, 0.05) is 19.0 Å². The number of ether oxygens (including phenoxy) is 1. The third-order valence-electron chi connectivity index (χ3n) is 4.74. The molecule has 2 atom stereocenters. The average Bonchev–Trinajstić information content (AvgIpc) is 2.65. The molecular weight excluding hydrogens is 346 g/mol. The van der Waals surface area contributed by atoms with Gasteiger partial charge in [-0.15, -0.1) is 0 Å². The summed E-state index contributed by atoms with van der Waals surface area (Å²) in [5, 5.41) is 18.8. The first-order chi connectivity index (χ1) is 13.1. The number of carboxylic acids is 1. The lowest BCUT2D eigenvalue weighted by Crippen LogP contribution is -2.44. The van der Waals surface area contributed by atoms with E-state index in [0.717, 1.165) is 24.8 Å². The predicted octanol–water partition coefficient (Wildman–Crippen LogP) is 2.41. The van der Waals surface area contributed by atoms with Crippen LogP contribution in [0.5, 0.6) is 0 Å². The van der Waals surface area contributed by atoms with Crippen LogP contribution in [-0.2, 0) is 20.7 Å². The van der Waals surface area contributed by atoms with Crippen molar-refractivity contribution in [3.63, 3.8) is 0 Å². The molecule has 0 radical (unpaired) electrons. The van der Waals surface area contributed by atoms with E-state index in [0.29, 0.717) is 25.8 Å². The molecule has 1 amide bonds. The second-order valence-electron chi connectivity index (χ2n) is 6.89. The number of likely N-dealkylation sites (tertiary alicyclic amines) is 1. The Morgan fingerprint density at radius 3 is 2.81 bits per heavy atom. The summed E-state index contributed by atoms with van der Waals surface area (Å²) >= 11 is 0. The maximum Gasteiger partial charge on any atom is 0.329 e. The number of carbonyl (C=O) groups excluding carboxylic acids is 1. The SMILES string of the molecule is O=C(O)COCC=CCN1C(=O)CCCC1CCC(O)Cc1ccccc1. The minimum atomic E-state index is -0.997. The van der Waals surface area contributed by atoms with Crippen molar-refractivity contribution >= 4 is 11.9 Å². The highest BCUT2D eigenvalue weighted by Gasteiger charge is 2.27. The summed E-state index contributed by atoms with van der Waals surface area (Å²) in [4.78, 5) is 24.5. The Hall–Kier alpha value is -2.18. The Labute approximate surface area is 160 Å². The molecule has 0 aliphatic carbocycles. The molecule has 2 unspecified atom stereocenters. The second-order valence-corrected chi connectivity index (χ2v) is 6.89. The molecule has 2 rings (SSSR count). The minimum absolute atomic E-state index is 0.139. The van der Waals surface area contributed by atoms with Crippen molar-refractivity contribution < 1.29 is 24.5 Å². The first kappa shape index (κ1) is 21.1. The molecule has 0 bridgehead atoms. The zero-order valence-corrected chi connectivity index (χ0v) is 15.6. The monoisotopic (exact) mass is 375 g/mol. The molecule has 0 aromatic heterocycles. The second kappa shape index (κ2) is 11.5. The quantitative estimate of drug-likeness (QED) is 0.458. The number of carbonyl (C=O) groups is 2. The zero-order valence-electron chi connectivity index (χ0n) is 15.6. The largest absolute Gasteiger partial charge is 0.480 e. The molecule has 27 heavy (non-hydrogen) atoms. The van der Waals surface area contributed by atoms with Crippen molar-refractivity contribution in [2.45, 2.75) is 50.7 Å². The molecule has 148 valence electrons. The fourth-order valence-corrected chi connectivity index (χ4v) is 3.39. The van der Waals surface area contributed by atoms with Gasteiger partial charge in [0.2, 0.25) is 5.91 Å². The molecule has 0 saturated carbocycles. The van der Waals surface area contributed by atoms with Crippen LogP contribution in [0.25, 0.3) is 0 Å². The predicted molar refractivity (Wildman–Crippen MR) is 102 cm³/mol. The molecule has 1 aromatic carbocycles. The fourth-order valence-electron chi connectivity index (χ4n) is 3.39. The molecule has 6 nitrogen and oxygen atoms in total. The number of hydrogen-bond donors (Lipinski definition) is 2. The molecule has 1 aliphatic heterocycles. The number of aliphatic hydroxyl groups is 1. The Balaban J connectivity index is 1.77. The van der Waals surface area contributed by atoms with Crippen molar-refractivity contribution in [1.29, 1.82) is 0 Å². The van der Waals surface area contributed by atoms with E-state index in [1.807, 2.05) is 41.3 Å².